The number of fused-ring (bicyclic) bond motifs is 1. The zero-order valence-corrected chi connectivity index (χ0v) is 14.0. The van der Waals surface area contributed by atoms with Crippen molar-refractivity contribution in [3.05, 3.63) is 66.9 Å². The van der Waals surface area contributed by atoms with Gasteiger partial charge in [0.25, 0.3) is 0 Å². The summed E-state index contributed by atoms with van der Waals surface area (Å²) in [6.07, 6.45) is 0. The number of benzene rings is 2. The maximum Gasteiger partial charge on any atom is 0.344 e. The quantitative estimate of drug-likeness (QED) is 0.494. The molecule has 0 aliphatic rings. The van der Waals surface area contributed by atoms with E-state index in [1.54, 1.807) is 24.3 Å². The van der Waals surface area contributed by atoms with E-state index < -0.39 is 5.63 Å². The highest BCUT2D eigenvalue weighted by molar-refractivity contribution is 9.10. The van der Waals surface area contributed by atoms with Gasteiger partial charge in [-0.1, -0.05) is 45.2 Å². The van der Waals surface area contributed by atoms with Gasteiger partial charge in [-0.25, -0.2) is 4.79 Å². The molecule has 0 unspecified atom stereocenters. The Morgan fingerprint density at radius 1 is 1.10 bits per heavy atom. The first-order valence-electron chi connectivity index (χ1n) is 6.16. The zero-order valence-electron chi connectivity index (χ0n) is 10.9. The summed E-state index contributed by atoms with van der Waals surface area (Å²) < 4.78 is 6.32. The molecule has 0 radical (unpaired) electrons. The molecule has 3 rings (SSSR count). The largest absolute Gasteiger partial charge is 0.422 e. The molecular formula is C16H9BrCl2O2. The zero-order chi connectivity index (χ0) is 15.1. The van der Waals surface area contributed by atoms with Gasteiger partial charge >= 0.3 is 5.63 Å². The Balaban J connectivity index is 2.39. The van der Waals surface area contributed by atoms with Crippen LogP contribution >= 0.6 is 39.1 Å². The molecule has 0 saturated heterocycles. The van der Waals surface area contributed by atoms with Crippen LogP contribution in [-0.4, -0.2) is 0 Å². The van der Waals surface area contributed by atoms with Gasteiger partial charge in [-0.3, -0.25) is 0 Å². The van der Waals surface area contributed by atoms with E-state index in [2.05, 4.69) is 15.9 Å². The highest BCUT2D eigenvalue weighted by atomic mass is 79.9. The molecule has 2 aromatic carbocycles. The standard InChI is InChI=1S/C16H9BrCl2O2/c1-8-12-6-9(17)2-5-14(12)21-16(20)15(8)11-4-3-10(18)7-13(11)19/h2-7H,1H3. The lowest BCUT2D eigenvalue weighted by atomic mass is 9.99. The molecular weight excluding hydrogens is 375 g/mol. The first kappa shape index (κ1) is 14.6. The van der Waals surface area contributed by atoms with Gasteiger partial charge in [-0.2, -0.15) is 0 Å². The summed E-state index contributed by atoms with van der Waals surface area (Å²) in [6, 6.07) is 10.6. The molecule has 0 aliphatic carbocycles. The number of aryl methyl sites for hydroxylation is 1. The van der Waals surface area contributed by atoms with E-state index in [1.165, 1.54) is 0 Å². The summed E-state index contributed by atoms with van der Waals surface area (Å²) in [5, 5.41) is 1.81. The number of hydrogen-bond acceptors (Lipinski definition) is 2. The highest BCUT2D eigenvalue weighted by Crippen LogP contribution is 2.33. The maximum atomic E-state index is 12.3. The summed E-state index contributed by atoms with van der Waals surface area (Å²) in [5.41, 5.74) is 2.05. The van der Waals surface area contributed by atoms with Gasteiger partial charge in [-0.15, -0.1) is 0 Å². The smallest absolute Gasteiger partial charge is 0.344 e. The van der Waals surface area contributed by atoms with E-state index >= 15 is 0 Å². The van der Waals surface area contributed by atoms with Crippen LogP contribution in [0.1, 0.15) is 5.56 Å². The third-order valence-electron chi connectivity index (χ3n) is 3.33. The molecule has 5 heteroatoms. The van der Waals surface area contributed by atoms with Gasteiger partial charge in [0.05, 0.1) is 10.6 Å². The minimum absolute atomic E-state index is 0.411. The lowest BCUT2D eigenvalue weighted by Gasteiger charge is -2.10. The second-order valence-corrected chi connectivity index (χ2v) is 6.41. The fourth-order valence-corrected chi connectivity index (χ4v) is 3.19. The minimum atomic E-state index is -0.411. The van der Waals surface area contributed by atoms with Crippen LogP contribution in [0.15, 0.2) is 50.1 Å². The van der Waals surface area contributed by atoms with E-state index in [9.17, 15) is 4.79 Å². The Bertz CT molecular complexity index is 916. The third-order valence-corrected chi connectivity index (χ3v) is 4.37. The van der Waals surface area contributed by atoms with Crippen LogP contribution in [-0.2, 0) is 0 Å². The van der Waals surface area contributed by atoms with Crippen LogP contribution in [0.2, 0.25) is 10.0 Å². The van der Waals surface area contributed by atoms with Crippen LogP contribution in [0.25, 0.3) is 22.1 Å². The van der Waals surface area contributed by atoms with Crippen molar-refractivity contribution in [2.24, 2.45) is 0 Å². The fourth-order valence-electron chi connectivity index (χ4n) is 2.33. The first-order chi connectivity index (χ1) is 9.97. The molecule has 0 atom stereocenters. The van der Waals surface area contributed by atoms with E-state index in [0.29, 0.717) is 26.8 Å². The Hall–Kier alpha value is -1.29. The lowest BCUT2D eigenvalue weighted by Crippen LogP contribution is -2.06. The molecule has 0 N–H and O–H groups in total. The van der Waals surface area contributed by atoms with E-state index in [1.807, 2.05) is 19.1 Å². The average molecular weight is 384 g/mol. The van der Waals surface area contributed by atoms with Crippen LogP contribution < -0.4 is 5.63 Å². The van der Waals surface area contributed by atoms with Crippen molar-refractivity contribution in [2.45, 2.75) is 6.92 Å². The van der Waals surface area contributed by atoms with Gasteiger partial charge in [0, 0.05) is 20.4 Å². The predicted octanol–water partition coefficient (Wildman–Crippen LogP) is 5.84. The van der Waals surface area contributed by atoms with Gasteiger partial charge in [0.1, 0.15) is 5.58 Å². The lowest BCUT2D eigenvalue weighted by molar-refractivity contribution is 0.562. The van der Waals surface area contributed by atoms with Crippen molar-refractivity contribution in [2.75, 3.05) is 0 Å². The summed E-state index contributed by atoms with van der Waals surface area (Å²) >= 11 is 15.6. The van der Waals surface area contributed by atoms with Gasteiger partial charge in [0.2, 0.25) is 0 Å². The van der Waals surface area contributed by atoms with Crippen LogP contribution in [0.4, 0.5) is 0 Å². The van der Waals surface area contributed by atoms with Crippen molar-refractivity contribution < 1.29 is 4.42 Å². The normalized spacial score (nSPS) is 11.0. The molecule has 21 heavy (non-hydrogen) atoms. The van der Waals surface area contributed by atoms with Gasteiger partial charge in [-0.05, 0) is 42.8 Å². The van der Waals surface area contributed by atoms with Crippen molar-refractivity contribution in [3.63, 3.8) is 0 Å². The van der Waals surface area contributed by atoms with Crippen LogP contribution in [0.3, 0.4) is 0 Å². The Kier molecular flexibility index (Phi) is 3.82. The van der Waals surface area contributed by atoms with Crippen LogP contribution in [0, 0.1) is 6.92 Å². The summed E-state index contributed by atoms with van der Waals surface area (Å²) in [7, 11) is 0. The maximum absolute atomic E-state index is 12.3. The van der Waals surface area contributed by atoms with E-state index in [0.717, 1.165) is 15.4 Å². The Morgan fingerprint density at radius 3 is 2.57 bits per heavy atom. The molecule has 0 saturated carbocycles. The molecule has 106 valence electrons. The topological polar surface area (TPSA) is 30.2 Å². The average Bonchev–Trinajstić information content (AvgIpc) is 2.42. The molecule has 0 spiro atoms. The summed E-state index contributed by atoms with van der Waals surface area (Å²) in [6.45, 7) is 1.88. The monoisotopic (exact) mass is 382 g/mol. The predicted molar refractivity (Wildman–Crippen MR) is 90.4 cm³/mol. The second kappa shape index (κ2) is 5.48. The molecule has 0 amide bonds. The molecule has 0 bridgehead atoms. The summed E-state index contributed by atoms with van der Waals surface area (Å²) in [4.78, 5) is 12.3. The molecule has 3 aromatic rings. The highest BCUT2D eigenvalue weighted by Gasteiger charge is 2.16. The first-order valence-corrected chi connectivity index (χ1v) is 7.70. The molecule has 1 aromatic heterocycles. The van der Waals surface area contributed by atoms with Crippen LogP contribution in [0.5, 0.6) is 0 Å². The molecule has 1 heterocycles. The van der Waals surface area contributed by atoms with Gasteiger partial charge < -0.3 is 4.42 Å². The molecule has 0 fully saturated rings. The Labute approximate surface area is 139 Å². The van der Waals surface area contributed by atoms with Gasteiger partial charge in [0.15, 0.2) is 0 Å². The van der Waals surface area contributed by atoms with E-state index in [4.69, 9.17) is 27.6 Å². The SMILES string of the molecule is Cc1c(-c2ccc(Cl)cc2Cl)c(=O)oc2ccc(Br)cc12. The van der Waals surface area contributed by atoms with Crippen molar-refractivity contribution in [3.8, 4) is 11.1 Å². The Morgan fingerprint density at radius 2 is 1.86 bits per heavy atom. The van der Waals surface area contributed by atoms with E-state index in [-0.39, 0.29) is 0 Å². The summed E-state index contributed by atoms with van der Waals surface area (Å²) in [5.74, 6) is 0. The number of rotatable bonds is 1. The number of hydrogen-bond donors (Lipinski definition) is 0. The molecule has 0 aliphatic heterocycles. The third kappa shape index (κ3) is 2.61. The second-order valence-electron chi connectivity index (χ2n) is 4.65. The van der Waals surface area contributed by atoms with Crippen molar-refractivity contribution in [1.29, 1.82) is 0 Å². The molecule has 2 nitrogen and oxygen atoms in total. The minimum Gasteiger partial charge on any atom is -0.422 e. The van der Waals surface area contributed by atoms with Crippen molar-refractivity contribution >= 4 is 50.1 Å². The fraction of sp³-hybridized carbons (Fsp3) is 0.0625. The van der Waals surface area contributed by atoms with Crippen molar-refractivity contribution in [1.82, 2.24) is 0 Å². The number of halogens is 3.